The second-order valence-corrected chi connectivity index (χ2v) is 2.46. The molecule has 0 amide bonds. The molecule has 46 valence electrons. The van der Waals surface area contributed by atoms with Gasteiger partial charge in [-0.1, -0.05) is 6.92 Å². The van der Waals surface area contributed by atoms with E-state index in [0.29, 0.717) is 12.0 Å². The number of hydrogen-bond acceptors (Lipinski definition) is 1. The molecule has 0 aromatic rings. The molecule has 1 nitrogen and oxygen atoms in total. The second-order valence-electron chi connectivity index (χ2n) is 2.46. The molecule has 0 bridgehead atoms. The highest BCUT2D eigenvalue weighted by Crippen LogP contribution is 2.21. The predicted molar refractivity (Wildman–Crippen MR) is 33.5 cm³/mol. The van der Waals surface area contributed by atoms with Gasteiger partial charge in [0.2, 0.25) is 0 Å². The van der Waals surface area contributed by atoms with Crippen LogP contribution in [0.15, 0.2) is 11.8 Å². The molecule has 2 atom stereocenters. The van der Waals surface area contributed by atoms with Crippen LogP contribution in [0.5, 0.6) is 0 Å². The summed E-state index contributed by atoms with van der Waals surface area (Å²) in [7, 11) is 0. The Hall–Kier alpha value is -0.460. The quantitative estimate of drug-likeness (QED) is 0.465. The summed E-state index contributed by atoms with van der Waals surface area (Å²) in [5.74, 6) is 1.68. The monoisotopic (exact) mass is 112 g/mol. The number of ether oxygens (including phenoxy) is 1. The first-order valence-electron chi connectivity index (χ1n) is 3.05. The normalized spacial score (nSPS) is 36.6. The SMILES string of the molecule is CC1=C[C@H](C)[C@H](C)O1. The summed E-state index contributed by atoms with van der Waals surface area (Å²) < 4.78 is 5.33. The molecule has 1 aliphatic rings. The van der Waals surface area contributed by atoms with E-state index >= 15 is 0 Å². The standard InChI is InChI=1S/C7H12O/c1-5-4-6(2)8-7(5)3/h4-5,7H,1-3H3/t5-,7-/m0/s1. The zero-order valence-electron chi connectivity index (χ0n) is 5.64. The van der Waals surface area contributed by atoms with E-state index in [2.05, 4.69) is 19.9 Å². The number of hydrogen-bond donors (Lipinski definition) is 0. The van der Waals surface area contributed by atoms with Crippen LogP contribution in [0.1, 0.15) is 20.8 Å². The lowest BCUT2D eigenvalue weighted by Crippen LogP contribution is -2.07. The third-order valence-corrected chi connectivity index (χ3v) is 1.61. The Morgan fingerprint density at radius 2 is 2.12 bits per heavy atom. The summed E-state index contributed by atoms with van der Waals surface area (Å²) in [6, 6.07) is 0. The largest absolute Gasteiger partial charge is 0.495 e. The zero-order chi connectivity index (χ0) is 6.15. The van der Waals surface area contributed by atoms with Crippen LogP contribution >= 0.6 is 0 Å². The van der Waals surface area contributed by atoms with E-state index in [1.165, 1.54) is 0 Å². The number of rotatable bonds is 0. The van der Waals surface area contributed by atoms with Crippen LogP contribution in [0.3, 0.4) is 0 Å². The predicted octanol–water partition coefficient (Wildman–Crippen LogP) is 1.95. The van der Waals surface area contributed by atoms with Gasteiger partial charge in [-0.25, -0.2) is 0 Å². The molecular formula is C7H12O. The zero-order valence-corrected chi connectivity index (χ0v) is 5.64. The maximum absolute atomic E-state index is 5.33. The summed E-state index contributed by atoms with van der Waals surface area (Å²) in [6.45, 7) is 6.26. The summed E-state index contributed by atoms with van der Waals surface area (Å²) >= 11 is 0. The summed E-state index contributed by atoms with van der Waals surface area (Å²) in [5, 5.41) is 0. The molecule has 0 saturated carbocycles. The van der Waals surface area contributed by atoms with Gasteiger partial charge in [-0.15, -0.1) is 0 Å². The van der Waals surface area contributed by atoms with Gasteiger partial charge in [0.25, 0.3) is 0 Å². The maximum atomic E-state index is 5.33. The fourth-order valence-electron chi connectivity index (χ4n) is 0.946. The molecular weight excluding hydrogens is 100 g/mol. The number of allylic oxidation sites excluding steroid dienone is 1. The average Bonchev–Trinajstić information content (AvgIpc) is 1.85. The van der Waals surface area contributed by atoms with Crippen LogP contribution in [0.25, 0.3) is 0 Å². The van der Waals surface area contributed by atoms with Gasteiger partial charge in [0, 0.05) is 5.92 Å². The van der Waals surface area contributed by atoms with Crippen LogP contribution in [-0.2, 0) is 4.74 Å². The van der Waals surface area contributed by atoms with E-state index in [1.807, 2.05) is 6.92 Å². The van der Waals surface area contributed by atoms with Crippen molar-refractivity contribution in [2.45, 2.75) is 26.9 Å². The Balaban J connectivity index is 2.56. The molecule has 1 heteroatoms. The summed E-state index contributed by atoms with van der Waals surface area (Å²) in [6.07, 6.45) is 2.56. The highest BCUT2D eigenvalue weighted by atomic mass is 16.5. The van der Waals surface area contributed by atoms with Crippen molar-refractivity contribution < 1.29 is 4.74 Å². The molecule has 0 radical (unpaired) electrons. The fraction of sp³-hybridized carbons (Fsp3) is 0.714. The molecule has 8 heavy (non-hydrogen) atoms. The van der Waals surface area contributed by atoms with E-state index < -0.39 is 0 Å². The lowest BCUT2D eigenvalue weighted by atomic mass is 10.1. The lowest BCUT2D eigenvalue weighted by Gasteiger charge is -2.07. The fourth-order valence-corrected chi connectivity index (χ4v) is 0.946. The molecule has 1 rings (SSSR count). The summed E-state index contributed by atoms with van der Waals surface area (Å²) in [5.41, 5.74) is 0. The van der Waals surface area contributed by atoms with Crippen molar-refractivity contribution in [1.82, 2.24) is 0 Å². The average molecular weight is 112 g/mol. The first-order valence-corrected chi connectivity index (χ1v) is 3.05. The van der Waals surface area contributed by atoms with Crippen molar-refractivity contribution in [2.75, 3.05) is 0 Å². The molecule has 0 aromatic heterocycles. The van der Waals surface area contributed by atoms with Crippen LogP contribution in [-0.4, -0.2) is 6.10 Å². The molecule has 1 aliphatic heterocycles. The van der Waals surface area contributed by atoms with Gasteiger partial charge in [0.05, 0.1) is 5.76 Å². The van der Waals surface area contributed by atoms with Crippen molar-refractivity contribution in [3.63, 3.8) is 0 Å². The molecule has 0 aliphatic carbocycles. The van der Waals surface area contributed by atoms with Gasteiger partial charge in [0.15, 0.2) is 0 Å². The highest BCUT2D eigenvalue weighted by Gasteiger charge is 2.17. The minimum absolute atomic E-state index is 0.398. The van der Waals surface area contributed by atoms with E-state index in [4.69, 9.17) is 4.74 Å². The summed E-state index contributed by atoms with van der Waals surface area (Å²) in [4.78, 5) is 0. The lowest BCUT2D eigenvalue weighted by molar-refractivity contribution is 0.135. The smallest absolute Gasteiger partial charge is 0.101 e. The third-order valence-electron chi connectivity index (χ3n) is 1.61. The second kappa shape index (κ2) is 1.81. The van der Waals surface area contributed by atoms with E-state index in [9.17, 15) is 0 Å². The van der Waals surface area contributed by atoms with Crippen molar-refractivity contribution in [3.05, 3.63) is 11.8 Å². The van der Waals surface area contributed by atoms with Crippen molar-refractivity contribution >= 4 is 0 Å². The topological polar surface area (TPSA) is 9.23 Å². The maximum Gasteiger partial charge on any atom is 0.101 e. The van der Waals surface area contributed by atoms with Crippen LogP contribution in [0, 0.1) is 5.92 Å². The Kier molecular flexibility index (Phi) is 1.28. The van der Waals surface area contributed by atoms with Crippen molar-refractivity contribution in [3.8, 4) is 0 Å². The minimum atomic E-state index is 0.398. The molecule has 1 heterocycles. The van der Waals surface area contributed by atoms with Gasteiger partial charge in [0.1, 0.15) is 6.10 Å². The molecule has 0 N–H and O–H groups in total. The van der Waals surface area contributed by atoms with E-state index in [0.717, 1.165) is 5.76 Å². The Morgan fingerprint density at radius 1 is 1.50 bits per heavy atom. The molecule has 0 unspecified atom stereocenters. The van der Waals surface area contributed by atoms with E-state index in [1.54, 1.807) is 0 Å². The van der Waals surface area contributed by atoms with Crippen molar-refractivity contribution in [2.24, 2.45) is 5.92 Å². The van der Waals surface area contributed by atoms with Crippen LogP contribution in [0.4, 0.5) is 0 Å². The van der Waals surface area contributed by atoms with E-state index in [-0.39, 0.29) is 0 Å². The highest BCUT2D eigenvalue weighted by molar-refractivity contribution is 5.01. The third kappa shape index (κ3) is 0.857. The van der Waals surface area contributed by atoms with Gasteiger partial charge in [-0.05, 0) is 19.9 Å². The van der Waals surface area contributed by atoms with Crippen LogP contribution in [0.2, 0.25) is 0 Å². The Labute approximate surface area is 50.3 Å². The van der Waals surface area contributed by atoms with Gasteiger partial charge in [-0.3, -0.25) is 0 Å². The molecule has 0 fully saturated rings. The minimum Gasteiger partial charge on any atom is -0.495 e. The first-order chi connectivity index (χ1) is 3.70. The molecule has 0 spiro atoms. The van der Waals surface area contributed by atoms with Crippen molar-refractivity contribution in [1.29, 1.82) is 0 Å². The van der Waals surface area contributed by atoms with Crippen LogP contribution < -0.4 is 0 Å². The Morgan fingerprint density at radius 3 is 2.25 bits per heavy atom. The molecule has 0 aromatic carbocycles. The van der Waals surface area contributed by atoms with Gasteiger partial charge in [-0.2, -0.15) is 0 Å². The first kappa shape index (κ1) is 5.67. The Bertz CT molecular complexity index is 116. The van der Waals surface area contributed by atoms with Gasteiger partial charge < -0.3 is 4.74 Å². The molecule has 0 saturated heterocycles. The van der Waals surface area contributed by atoms with Gasteiger partial charge >= 0.3 is 0 Å².